The minimum Gasteiger partial charge on any atom is -0.346 e. The maximum atomic E-state index is 11.8. The first-order chi connectivity index (χ1) is 7.04. The number of carbonyl (C=O) groups is 1. The highest BCUT2D eigenvalue weighted by molar-refractivity contribution is 7.80. The Kier molecular flexibility index (Phi) is 3.97. The Bertz CT molecular complexity index is 387. The molecular weight excluding hydrogens is 206 g/mol. The van der Waals surface area contributed by atoms with Crippen molar-refractivity contribution < 1.29 is 4.79 Å². The van der Waals surface area contributed by atoms with Crippen LogP contribution in [0.5, 0.6) is 0 Å². The summed E-state index contributed by atoms with van der Waals surface area (Å²) in [6.07, 6.45) is 1.69. The fraction of sp³-hybridized carbons (Fsp3) is 0.250. The zero-order valence-corrected chi connectivity index (χ0v) is 9.84. The van der Waals surface area contributed by atoms with E-state index in [1.807, 2.05) is 26.0 Å². The monoisotopic (exact) mass is 221 g/mol. The first-order valence-electron chi connectivity index (χ1n) is 4.77. The maximum Gasteiger partial charge on any atom is 0.252 e. The summed E-state index contributed by atoms with van der Waals surface area (Å²) in [5.41, 5.74) is 1.61. The van der Waals surface area contributed by atoms with Crippen LogP contribution in [0, 0.1) is 6.92 Å². The molecule has 0 radical (unpaired) electrons. The van der Waals surface area contributed by atoms with Gasteiger partial charge in [-0.3, -0.25) is 4.79 Å². The number of hydrogen-bond acceptors (Lipinski definition) is 2. The van der Waals surface area contributed by atoms with Gasteiger partial charge in [-0.25, -0.2) is 0 Å². The largest absolute Gasteiger partial charge is 0.346 e. The molecule has 1 unspecified atom stereocenters. The summed E-state index contributed by atoms with van der Waals surface area (Å²) in [6, 6.07) is 5.49. The van der Waals surface area contributed by atoms with Gasteiger partial charge in [-0.15, -0.1) is 19.2 Å². The van der Waals surface area contributed by atoms with Crippen molar-refractivity contribution in [1.82, 2.24) is 5.32 Å². The lowest BCUT2D eigenvalue weighted by Gasteiger charge is -2.11. The van der Waals surface area contributed by atoms with Gasteiger partial charge in [-0.1, -0.05) is 12.1 Å². The standard InChI is InChI=1S/C12H15NOS/c1-4-9(3)13-12(14)11-7-10(15)6-5-8(11)2/h4-7,9,15H,1H2,2-3H3,(H,13,14). The van der Waals surface area contributed by atoms with E-state index in [1.165, 1.54) is 0 Å². The van der Waals surface area contributed by atoms with Gasteiger partial charge in [0.15, 0.2) is 0 Å². The molecule has 0 aliphatic carbocycles. The Labute approximate surface area is 95.8 Å². The van der Waals surface area contributed by atoms with Crippen LogP contribution in [0.3, 0.4) is 0 Å². The van der Waals surface area contributed by atoms with Crippen LogP contribution >= 0.6 is 12.6 Å². The second-order valence-corrected chi connectivity index (χ2v) is 4.01. The molecule has 0 spiro atoms. The van der Waals surface area contributed by atoms with E-state index in [-0.39, 0.29) is 11.9 Å². The molecule has 80 valence electrons. The summed E-state index contributed by atoms with van der Waals surface area (Å²) in [6.45, 7) is 7.40. The third-order valence-electron chi connectivity index (χ3n) is 2.18. The van der Waals surface area contributed by atoms with Crippen LogP contribution < -0.4 is 5.32 Å². The molecule has 1 aromatic carbocycles. The van der Waals surface area contributed by atoms with E-state index in [9.17, 15) is 4.79 Å². The molecule has 0 heterocycles. The number of hydrogen-bond donors (Lipinski definition) is 2. The van der Waals surface area contributed by atoms with E-state index < -0.39 is 0 Å². The Morgan fingerprint density at radius 3 is 2.87 bits per heavy atom. The molecule has 0 aliphatic heterocycles. The molecule has 0 saturated heterocycles. The van der Waals surface area contributed by atoms with Crippen molar-refractivity contribution in [3.05, 3.63) is 42.0 Å². The Morgan fingerprint density at radius 1 is 1.60 bits per heavy atom. The van der Waals surface area contributed by atoms with E-state index in [4.69, 9.17) is 0 Å². The molecule has 0 aromatic heterocycles. The highest BCUT2D eigenvalue weighted by atomic mass is 32.1. The third kappa shape index (κ3) is 3.13. The average Bonchev–Trinajstić information content (AvgIpc) is 2.21. The fourth-order valence-corrected chi connectivity index (χ4v) is 1.40. The van der Waals surface area contributed by atoms with E-state index in [0.29, 0.717) is 5.56 Å². The summed E-state index contributed by atoms with van der Waals surface area (Å²) >= 11 is 4.21. The van der Waals surface area contributed by atoms with Gasteiger partial charge in [-0.2, -0.15) is 0 Å². The summed E-state index contributed by atoms with van der Waals surface area (Å²) in [4.78, 5) is 12.6. The van der Waals surface area contributed by atoms with Crippen molar-refractivity contribution in [3.63, 3.8) is 0 Å². The lowest BCUT2D eigenvalue weighted by molar-refractivity contribution is 0.0946. The molecule has 0 saturated carbocycles. The normalized spacial score (nSPS) is 11.9. The smallest absolute Gasteiger partial charge is 0.252 e. The topological polar surface area (TPSA) is 29.1 Å². The predicted molar refractivity (Wildman–Crippen MR) is 65.6 cm³/mol. The van der Waals surface area contributed by atoms with Gasteiger partial charge in [0, 0.05) is 16.5 Å². The summed E-state index contributed by atoms with van der Waals surface area (Å²) in [7, 11) is 0. The minimum absolute atomic E-state index is 0.0273. The maximum absolute atomic E-state index is 11.8. The van der Waals surface area contributed by atoms with E-state index in [2.05, 4.69) is 24.5 Å². The van der Waals surface area contributed by atoms with Crippen LogP contribution in [0.4, 0.5) is 0 Å². The van der Waals surface area contributed by atoms with Crippen LogP contribution in [0.2, 0.25) is 0 Å². The zero-order valence-electron chi connectivity index (χ0n) is 8.95. The summed E-state index contributed by atoms with van der Waals surface area (Å²) in [5.74, 6) is -0.0872. The lowest BCUT2D eigenvalue weighted by Crippen LogP contribution is -2.31. The quantitative estimate of drug-likeness (QED) is 0.596. The number of thiol groups is 1. The first-order valence-corrected chi connectivity index (χ1v) is 5.22. The van der Waals surface area contributed by atoms with Gasteiger partial charge >= 0.3 is 0 Å². The number of aryl methyl sites for hydroxylation is 1. The Hall–Kier alpha value is -1.22. The van der Waals surface area contributed by atoms with Crippen LogP contribution in [-0.2, 0) is 0 Å². The highest BCUT2D eigenvalue weighted by Crippen LogP contribution is 2.14. The second kappa shape index (κ2) is 5.03. The molecule has 1 amide bonds. The van der Waals surface area contributed by atoms with Crippen LogP contribution in [0.15, 0.2) is 35.7 Å². The molecule has 0 bridgehead atoms. The Morgan fingerprint density at radius 2 is 2.27 bits per heavy atom. The summed E-state index contributed by atoms with van der Waals surface area (Å²) in [5, 5.41) is 2.82. The fourth-order valence-electron chi connectivity index (χ4n) is 1.20. The number of rotatable bonds is 3. The number of nitrogens with one attached hydrogen (secondary N) is 1. The Balaban J connectivity index is 2.90. The van der Waals surface area contributed by atoms with Crippen molar-refractivity contribution in [2.45, 2.75) is 24.8 Å². The van der Waals surface area contributed by atoms with Crippen molar-refractivity contribution in [3.8, 4) is 0 Å². The molecule has 15 heavy (non-hydrogen) atoms. The van der Waals surface area contributed by atoms with Crippen LogP contribution in [0.25, 0.3) is 0 Å². The molecule has 1 aromatic rings. The number of carbonyl (C=O) groups excluding carboxylic acids is 1. The van der Waals surface area contributed by atoms with Crippen molar-refractivity contribution in [1.29, 1.82) is 0 Å². The molecule has 2 nitrogen and oxygen atoms in total. The lowest BCUT2D eigenvalue weighted by atomic mass is 10.1. The molecule has 0 aliphatic rings. The molecule has 1 N–H and O–H groups in total. The third-order valence-corrected chi connectivity index (χ3v) is 2.46. The second-order valence-electron chi connectivity index (χ2n) is 3.50. The van der Waals surface area contributed by atoms with Crippen LogP contribution in [0.1, 0.15) is 22.8 Å². The van der Waals surface area contributed by atoms with Gasteiger partial charge in [0.25, 0.3) is 5.91 Å². The molecule has 1 atom stereocenters. The minimum atomic E-state index is -0.0872. The summed E-state index contributed by atoms with van der Waals surface area (Å²) < 4.78 is 0. The van der Waals surface area contributed by atoms with Crippen LogP contribution in [-0.4, -0.2) is 11.9 Å². The average molecular weight is 221 g/mol. The molecule has 1 rings (SSSR count). The van der Waals surface area contributed by atoms with Gasteiger partial charge in [0.1, 0.15) is 0 Å². The molecule has 3 heteroatoms. The zero-order chi connectivity index (χ0) is 11.4. The SMILES string of the molecule is C=CC(C)NC(=O)c1cc(S)ccc1C. The highest BCUT2D eigenvalue weighted by Gasteiger charge is 2.10. The molecular formula is C12H15NOS. The first kappa shape index (κ1) is 11.9. The van der Waals surface area contributed by atoms with Crippen molar-refractivity contribution in [2.24, 2.45) is 0 Å². The van der Waals surface area contributed by atoms with Gasteiger partial charge < -0.3 is 5.32 Å². The molecule has 0 fully saturated rings. The predicted octanol–water partition coefficient (Wildman–Crippen LogP) is 2.59. The van der Waals surface area contributed by atoms with Gasteiger partial charge in [0.2, 0.25) is 0 Å². The van der Waals surface area contributed by atoms with E-state index in [0.717, 1.165) is 10.5 Å². The van der Waals surface area contributed by atoms with Crippen molar-refractivity contribution in [2.75, 3.05) is 0 Å². The van der Waals surface area contributed by atoms with E-state index in [1.54, 1.807) is 12.1 Å². The number of benzene rings is 1. The van der Waals surface area contributed by atoms with Gasteiger partial charge in [-0.05, 0) is 31.5 Å². The van der Waals surface area contributed by atoms with E-state index >= 15 is 0 Å². The number of amides is 1. The van der Waals surface area contributed by atoms with Gasteiger partial charge in [0.05, 0.1) is 0 Å². The van der Waals surface area contributed by atoms with Crippen molar-refractivity contribution >= 4 is 18.5 Å².